The van der Waals surface area contributed by atoms with Crippen molar-refractivity contribution in [2.24, 2.45) is 0 Å². The predicted molar refractivity (Wildman–Crippen MR) is 95.1 cm³/mol. The van der Waals surface area contributed by atoms with Crippen molar-refractivity contribution in [3.05, 3.63) is 63.6 Å². The van der Waals surface area contributed by atoms with Gasteiger partial charge in [-0.05, 0) is 42.5 Å². The van der Waals surface area contributed by atoms with Gasteiger partial charge in [0.15, 0.2) is 0 Å². The van der Waals surface area contributed by atoms with Gasteiger partial charge in [0, 0.05) is 29.8 Å². The average molecular weight is 367 g/mol. The Morgan fingerprint density at radius 1 is 1.00 bits per heavy atom. The molecule has 5 nitrogen and oxygen atoms in total. The molecule has 2 rings (SSSR count). The minimum absolute atomic E-state index is 0.225. The van der Waals surface area contributed by atoms with E-state index in [0.717, 1.165) is 0 Å². The highest BCUT2D eigenvalue weighted by Crippen LogP contribution is 2.25. The Hall–Kier alpha value is -2.08. The van der Waals surface area contributed by atoms with Crippen LogP contribution in [-0.2, 0) is 4.74 Å². The third kappa shape index (κ3) is 4.96. The first-order valence-corrected chi connectivity index (χ1v) is 7.90. The van der Waals surface area contributed by atoms with Gasteiger partial charge < -0.3 is 15.4 Å². The fourth-order valence-corrected chi connectivity index (χ4v) is 2.27. The topological polar surface area (TPSA) is 67.4 Å². The van der Waals surface area contributed by atoms with Gasteiger partial charge in [0.1, 0.15) is 0 Å². The lowest BCUT2D eigenvalue weighted by Gasteiger charge is -2.09. The number of anilines is 1. The summed E-state index contributed by atoms with van der Waals surface area (Å²) < 4.78 is 4.87. The van der Waals surface area contributed by atoms with Crippen molar-refractivity contribution >= 4 is 40.7 Å². The summed E-state index contributed by atoms with van der Waals surface area (Å²) in [6.07, 6.45) is 0. The highest BCUT2D eigenvalue weighted by Gasteiger charge is 2.11. The highest BCUT2D eigenvalue weighted by atomic mass is 35.5. The van der Waals surface area contributed by atoms with Crippen molar-refractivity contribution in [2.75, 3.05) is 25.6 Å². The molecule has 0 bridgehead atoms. The minimum atomic E-state index is -0.342. The van der Waals surface area contributed by atoms with Gasteiger partial charge in [-0.3, -0.25) is 9.59 Å². The average Bonchev–Trinajstić information content (AvgIpc) is 2.58. The fraction of sp³-hybridized carbons (Fsp3) is 0.176. The van der Waals surface area contributed by atoms with Gasteiger partial charge in [-0.1, -0.05) is 23.2 Å². The number of nitrogens with one attached hydrogen (secondary N) is 2. The van der Waals surface area contributed by atoms with Crippen molar-refractivity contribution in [3.8, 4) is 0 Å². The molecule has 0 radical (unpaired) electrons. The van der Waals surface area contributed by atoms with Crippen LogP contribution in [0, 0.1) is 0 Å². The van der Waals surface area contributed by atoms with Gasteiger partial charge in [-0.25, -0.2) is 0 Å². The number of rotatable bonds is 6. The lowest BCUT2D eigenvalue weighted by atomic mass is 10.1. The zero-order valence-electron chi connectivity index (χ0n) is 12.9. The van der Waals surface area contributed by atoms with E-state index in [1.54, 1.807) is 49.6 Å². The Labute approximate surface area is 149 Å². The van der Waals surface area contributed by atoms with E-state index in [1.165, 1.54) is 0 Å². The zero-order chi connectivity index (χ0) is 17.5. The third-order valence-corrected chi connectivity index (χ3v) is 3.74. The summed E-state index contributed by atoms with van der Waals surface area (Å²) in [5.41, 5.74) is 1.29. The highest BCUT2D eigenvalue weighted by molar-refractivity contribution is 6.35. The largest absolute Gasteiger partial charge is 0.383 e. The molecule has 0 fully saturated rings. The van der Waals surface area contributed by atoms with Gasteiger partial charge >= 0.3 is 0 Å². The molecule has 0 aliphatic heterocycles. The lowest BCUT2D eigenvalue weighted by molar-refractivity contribution is 0.0935. The summed E-state index contributed by atoms with van der Waals surface area (Å²) in [4.78, 5) is 24.1. The standard InChI is InChI=1S/C17H16Cl2N2O3/c1-24-9-8-20-16(22)11-2-4-12(5-3-11)17(23)21-15-10-13(18)6-7-14(15)19/h2-7,10H,8-9H2,1H3,(H,20,22)(H,21,23). The number of carbonyl (C=O) groups is 2. The Morgan fingerprint density at radius 2 is 1.62 bits per heavy atom. The first kappa shape index (κ1) is 18.3. The van der Waals surface area contributed by atoms with Crippen LogP contribution in [0.1, 0.15) is 20.7 Å². The number of halogens is 2. The summed E-state index contributed by atoms with van der Waals surface area (Å²) in [5.74, 6) is -0.567. The predicted octanol–water partition coefficient (Wildman–Crippen LogP) is 3.62. The molecule has 0 heterocycles. The van der Waals surface area contributed by atoms with E-state index < -0.39 is 0 Å². The molecule has 0 saturated carbocycles. The SMILES string of the molecule is COCCNC(=O)c1ccc(C(=O)Nc2cc(Cl)ccc2Cl)cc1. The molecule has 2 aromatic carbocycles. The Kier molecular flexibility index (Phi) is 6.61. The minimum Gasteiger partial charge on any atom is -0.383 e. The van der Waals surface area contributed by atoms with Crippen LogP contribution in [-0.4, -0.2) is 32.1 Å². The lowest BCUT2D eigenvalue weighted by Crippen LogP contribution is -2.26. The van der Waals surface area contributed by atoms with Crippen molar-refractivity contribution in [1.82, 2.24) is 5.32 Å². The third-order valence-electron chi connectivity index (χ3n) is 3.18. The van der Waals surface area contributed by atoms with Crippen LogP contribution in [0.4, 0.5) is 5.69 Å². The van der Waals surface area contributed by atoms with Crippen LogP contribution in [0.15, 0.2) is 42.5 Å². The number of carbonyl (C=O) groups excluding carboxylic acids is 2. The molecule has 2 amide bonds. The maximum atomic E-state index is 12.2. The quantitative estimate of drug-likeness (QED) is 0.767. The summed E-state index contributed by atoms with van der Waals surface area (Å²) in [6, 6.07) is 11.1. The van der Waals surface area contributed by atoms with Crippen LogP contribution in [0.3, 0.4) is 0 Å². The monoisotopic (exact) mass is 366 g/mol. The van der Waals surface area contributed by atoms with E-state index >= 15 is 0 Å². The van der Waals surface area contributed by atoms with Crippen LogP contribution in [0.2, 0.25) is 10.0 Å². The first-order chi connectivity index (χ1) is 11.5. The molecule has 0 saturated heterocycles. The van der Waals surface area contributed by atoms with Crippen molar-refractivity contribution in [3.63, 3.8) is 0 Å². The summed E-state index contributed by atoms with van der Waals surface area (Å²) >= 11 is 11.9. The van der Waals surface area contributed by atoms with Crippen LogP contribution < -0.4 is 10.6 Å². The molecule has 0 aromatic heterocycles. The van der Waals surface area contributed by atoms with E-state index in [9.17, 15) is 9.59 Å². The molecule has 0 aliphatic rings. The molecule has 24 heavy (non-hydrogen) atoms. The molecule has 2 aromatic rings. The van der Waals surface area contributed by atoms with Crippen molar-refractivity contribution in [1.29, 1.82) is 0 Å². The number of hydrogen-bond acceptors (Lipinski definition) is 3. The zero-order valence-corrected chi connectivity index (χ0v) is 14.4. The Bertz CT molecular complexity index is 733. The fourth-order valence-electron chi connectivity index (χ4n) is 1.93. The Balaban J connectivity index is 2.03. The second kappa shape index (κ2) is 8.68. The number of hydrogen-bond donors (Lipinski definition) is 2. The number of amides is 2. The maximum Gasteiger partial charge on any atom is 0.255 e. The molecule has 0 unspecified atom stereocenters. The molecule has 0 spiro atoms. The van der Waals surface area contributed by atoms with E-state index in [4.69, 9.17) is 27.9 Å². The maximum absolute atomic E-state index is 12.2. The van der Waals surface area contributed by atoms with E-state index in [1.807, 2.05) is 0 Å². The second-order valence-corrected chi connectivity index (χ2v) is 5.75. The summed E-state index contributed by atoms with van der Waals surface area (Å²) in [7, 11) is 1.56. The van der Waals surface area contributed by atoms with Gasteiger partial charge in [0.05, 0.1) is 17.3 Å². The number of ether oxygens (including phenoxy) is 1. The van der Waals surface area contributed by atoms with Crippen molar-refractivity contribution < 1.29 is 14.3 Å². The summed E-state index contributed by atoms with van der Waals surface area (Å²) in [5, 5.41) is 6.25. The molecule has 126 valence electrons. The molecular weight excluding hydrogens is 351 g/mol. The van der Waals surface area contributed by atoms with E-state index in [-0.39, 0.29) is 11.8 Å². The van der Waals surface area contributed by atoms with Gasteiger partial charge in [0.2, 0.25) is 0 Å². The molecule has 2 N–H and O–H groups in total. The first-order valence-electron chi connectivity index (χ1n) is 7.15. The van der Waals surface area contributed by atoms with Crippen LogP contribution >= 0.6 is 23.2 Å². The molecule has 0 atom stereocenters. The molecule has 0 aliphatic carbocycles. The second-order valence-electron chi connectivity index (χ2n) is 4.90. The van der Waals surface area contributed by atoms with Crippen LogP contribution in [0.25, 0.3) is 0 Å². The summed E-state index contributed by atoms with van der Waals surface area (Å²) in [6.45, 7) is 0.859. The number of benzene rings is 2. The smallest absolute Gasteiger partial charge is 0.255 e. The van der Waals surface area contributed by atoms with Gasteiger partial charge in [0.25, 0.3) is 11.8 Å². The normalized spacial score (nSPS) is 10.3. The van der Waals surface area contributed by atoms with Gasteiger partial charge in [-0.15, -0.1) is 0 Å². The molecular formula is C17H16Cl2N2O3. The van der Waals surface area contributed by atoms with Crippen LogP contribution in [0.5, 0.6) is 0 Å². The van der Waals surface area contributed by atoms with E-state index in [2.05, 4.69) is 10.6 Å². The Morgan fingerprint density at radius 3 is 2.25 bits per heavy atom. The van der Waals surface area contributed by atoms with E-state index in [0.29, 0.717) is 40.0 Å². The number of methoxy groups -OCH3 is 1. The molecule has 7 heteroatoms. The van der Waals surface area contributed by atoms with Crippen molar-refractivity contribution in [2.45, 2.75) is 0 Å². The van der Waals surface area contributed by atoms with Gasteiger partial charge in [-0.2, -0.15) is 0 Å².